The molecule has 0 amide bonds. The van der Waals surface area contributed by atoms with Gasteiger partial charge in [0.1, 0.15) is 18.5 Å². The molecule has 365 valence electrons. The third kappa shape index (κ3) is 15.2. The van der Waals surface area contributed by atoms with Crippen LogP contribution >= 0.6 is 39.0 Å². The monoisotopic (exact) mass is 1100 g/mol. The molecule has 0 unspecified atom stereocenters. The van der Waals surface area contributed by atoms with Crippen molar-refractivity contribution in [3.8, 4) is 0 Å². The summed E-state index contributed by atoms with van der Waals surface area (Å²) in [5, 5.41) is 10.4. The molecule has 0 fully saturated rings. The molecule has 1 radical (unpaired) electrons. The number of hydrogen-bond acceptors (Lipinski definition) is 5. The fourth-order valence-electron chi connectivity index (χ4n) is 7.83. The number of aromatic nitrogens is 5. The maximum atomic E-state index is 5.10. The maximum absolute atomic E-state index is 5.10. The van der Waals surface area contributed by atoms with Gasteiger partial charge in [-0.25, -0.2) is 0 Å². The van der Waals surface area contributed by atoms with Gasteiger partial charge in [0, 0.05) is 35.5 Å². The predicted octanol–water partition coefficient (Wildman–Crippen LogP) is 12.9. The minimum absolute atomic E-state index is 0. The Labute approximate surface area is 449 Å². The summed E-state index contributed by atoms with van der Waals surface area (Å²) in [6, 6.07) is 70.1. The van der Waals surface area contributed by atoms with E-state index in [4.69, 9.17) is 38.2 Å². The summed E-state index contributed by atoms with van der Waals surface area (Å²) >= 11 is 9.53. The fourth-order valence-corrected chi connectivity index (χ4v) is 12.5. The molecule has 0 N–H and O–H groups in total. The Balaban J connectivity index is 0.000000274. The van der Waals surface area contributed by atoms with Crippen molar-refractivity contribution in [2.24, 2.45) is 0 Å². The predicted molar refractivity (Wildman–Crippen MR) is 302 cm³/mol. The first-order chi connectivity index (χ1) is 32.5. The Morgan fingerprint density at radius 1 is 0.457 bits per heavy atom. The van der Waals surface area contributed by atoms with Crippen LogP contribution in [0.5, 0.6) is 0 Å². The van der Waals surface area contributed by atoms with Crippen LogP contribution in [-0.2, 0) is 53.4 Å². The van der Waals surface area contributed by atoms with Gasteiger partial charge in [-0.1, -0.05) is 178 Å². The molecule has 0 saturated heterocycles. The molecule has 0 saturated carbocycles. The number of pyridine rings is 1. The van der Waals surface area contributed by atoms with Gasteiger partial charge < -0.3 is 21.8 Å². The molecule has 10 aromatic rings. The summed E-state index contributed by atoms with van der Waals surface area (Å²) in [4.78, 5) is 23.6. The molecule has 7 aromatic carbocycles. The molecule has 5 nitrogen and oxygen atoms in total. The number of para-hydroxylation sites is 2. The van der Waals surface area contributed by atoms with E-state index in [1.165, 1.54) is 43.1 Å². The van der Waals surface area contributed by atoms with Gasteiger partial charge in [-0.3, -0.25) is 15.0 Å². The van der Waals surface area contributed by atoms with Gasteiger partial charge in [0.25, 0.3) is 5.57 Å². The van der Waals surface area contributed by atoms with Crippen LogP contribution in [-0.4, -0.2) is 30.3 Å². The van der Waals surface area contributed by atoms with E-state index in [2.05, 4.69) is 214 Å². The summed E-state index contributed by atoms with van der Waals surface area (Å²) in [7, 11) is -1.87. The average Bonchev–Trinajstić information content (AvgIpc) is 3.37. The third-order valence-electron chi connectivity index (χ3n) is 10.8. The quantitative estimate of drug-likeness (QED) is 0.0624. The Bertz CT molecular complexity index is 2840. The Morgan fingerprint density at radius 2 is 0.829 bits per heavy atom. The number of hydrogen-bond donors (Lipinski definition) is 0. The van der Waals surface area contributed by atoms with Gasteiger partial charge in [0.05, 0.1) is 27.5 Å². The van der Waals surface area contributed by atoms with Crippen LogP contribution < -0.4 is 32.2 Å². The van der Waals surface area contributed by atoms with E-state index in [-0.39, 0.29) is 54.3 Å². The van der Waals surface area contributed by atoms with Gasteiger partial charge >= 0.3 is 34.1 Å². The molecule has 10 rings (SSSR count). The molecular weight excluding hydrogens is 1040 g/mol. The first-order valence-corrected chi connectivity index (χ1v) is 26.1. The van der Waals surface area contributed by atoms with E-state index in [0.717, 1.165) is 58.0 Å². The molecule has 70 heavy (non-hydrogen) atoms. The number of benzene rings is 7. The smallest absolute Gasteiger partial charge is 0.358 e. The summed E-state index contributed by atoms with van der Waals surface area (Å²) < 4.78 is 0. The van der Waals surface area contributed by atoms with Crippen LogP contribution in [0.4, 0.5) is 0 Å². The zero-order chi connectivity index (χ0) is 46.1. The second kappa shape index (κ2) is 30.7. The van der Waals surface area contributed by atoms with E-state index in [9.17, 15) is 0 Å². The zero-order valence-corrected chi connectivity index (χ0v) is 45.4. The standard InChI is InChI=1S/C23H20NP.C22H19N2P.C11H11N2.CH2Cl2.2CH3.2Cu/c1-2-22-21-16-10-9-11-18(21)17-23(24-22)25(19-12-5-3-6-13-19)20-14-7-4-8-15-20;1-2-20-19-15-9-10-16-21(19)24-22(23-20)25(17-11-5-3-6-12-17)18-13-7-4-8-14-18;1-3-10-9-6-4-5-7-11(9)13-8(2)12-10;2-1-3;;;;/h3-17H,2H2,1H3;3-16H,2H2,1H3;4-7H,2-3H2,1H3;1H2;2*1H3;;/q;;-1;;2*-1;+1;+2/p+1. The van der Waals surface area contributed by atoms with Crippen molar-refractivity contribution < 1.29 is 34.1 Å². The maximum Gasteiger partial charge on any atom is 2.00 e. The summed E-state index contributed by atoms with van der Waals surface area (Å²) in [6.07, 6.45) is 2.78. The van der Waals surface area contributed by atoms with E-state index in [1.807, 2.05) is 24.3 Å². The molecular formula is C59H59Cl2Cu2N5P2+. The number of nitrogens with zero attached hydrogens (tertiary/aromatic N) is 5. The molecule has 0 aliphatic carbocycles. The van der Waals surface area contributed by atoms with Crippen LogP contribution in [0.2, 0.25) is 0 Å². The van der Waals surface area contributed by atoms with Gasteiger partial charge in [-0.15, -0.1) is 23.2 Å². The first kappa shape index (κ1) is 59.3. The van der Waals surface area contributed by atoms with Crippen molar-refractivity contribution in [2.45, 2.75) is 40.0 Å². The molecule has 0 bridgehead atoms. The Hall–Kier alpha value is -5.02. The molecule has 0 aliphatic rings. The number of aryl methyl sites for hydroxylation is 3. The van der Waals surface area contributed by atoms with Gasteiger partial charge in [0.15, 0.2) is 0 Å². The van der Waals surface area contributed by atoms with Crippen molar-refractivity contribution >= 4 is 104 Å². The number of alkyl halides is 2. The van der Waals surface area contributed by atoms with Crippen LogP contribution in [0.25, 0.3) is 32.6 Å². The molecule has 3 aromatic heterocycles. The van der Waals surface area contributed by atoms with E-state index in [0.29, 0.717) is 5.82 Å². The molecule has 0 aliphatic heterocycles. The van der Waals surface area contributed by atoms with Crippen LogP contribution in [0.1, 0.15) is 43.7 Å². The minimum atomic E-state index is -1.22. The van der Waals surface area contributed by atoms with Crippen LogP contribution in [0, 0.1) is 21.8 Å². The van der Waals surface area contributed by atoms with E-state index < -0.39 is 15.8 Å². The van der Waals surface area contributed by atoms with Crippen molar-refractivity contribution in [2.75, 3.05) is 5.34 Å². The van der Waals surface area contributed by atoms with Gasteiger partial charge in [0.2, 0.25) is 0 Å². The molecule has 0 spiro atoms. The second-order valence-corrected chi connectivity index (χ2v) is 20.4. The second-order valence-electron chi connectivity index (χ2n) is 15.0. The van der Waals surface area contributed by atoms with Crippen LogP contribution in [0.3, 0.4) is 0 Å². The topological polar surface area (TPSA) is 64.5 Å². The van der Waals surface area contributed by atoms with Gasteiger partial charge in [-0.2, -0.15) is 9.97 Å². The van der Waals surface area contributed by atoms with Crippen molar-refractivity contribution in [1.82, 2.24) is 24.9 Å². The number of fused-ring (bicyclic) bond motifs is 3. The van der Waals surface area contributed by atoms with E-state index in [1.54, 1.807) is 0 Å². The van der Waals surface area contributed by atoms with Gasteiger partial charge in [-0.05, 0) is 83.5 Å². The van der Waals surface area contributed by atoms with Crippen LogP contribution in [0.15, 0.2) is 200 Å². The first-order valence-electron chi connectivity index (χ1n) is 22.2. The van der Waals surface area contributed by atoms with Crippen molar-refractivity contribution in [3.05, 3.63) is 245 Å². The largest absolute Gasteiger partial charge is 2.00 e. The SMILES string of the molecule is CCc1nc(P(c2ccccc2)c2ccccc2)cc2ccccc12.CCc1nc([PH+](c2ccccc2)c2ccccc2)nc2ccccc12.ClCCl.[CH2-]c1nc(CC)c2ccccc2n1.[CH3-].[CH3-].[Cu+2].[Cu+]. The Morgan fingerprint density at radius 3 is 1.30 bits per heavy atom. The number of rotatable bonds is 9. The molecule has 11 heteroatoms. The third-order valence-corrected chi connectivity index (χ3v) is 15.6. The van der Waals surface area contributed by atoms with Crippen molar-refractivity contribution in [1.29, 1.82) is 0 Å². The summed E-state index contributed by atoms with van der Waals surface area (Å²) in [6.45, 7) is 10.2. The summed E-state index contributed by atoms with van der Waals surface area (Å²) in [5.74, 6) is 0.607. The Kier molecular flexibility index (Phi) is 26.0. The number of halogens is 2. The average molecular weight is 1100 g/mol. The minimum Gasteiger partial charge on any atom is -0.358 e. The fraction of sp³-hybridized carbons (Fsp3) is 0.119. The molecule has 3 heterocycles. The molecule has 0 atom stereocenters. The van der Waals surface area contributed by atoms with Crippen molar-refractivity contribution in [3.63, 3.8) is 0 Å². The normalized spacial score (nSPS) is 10.2. The zero-order valence-electron chi connectivity index (χ0n) is 40.1. The van der Waals surface area contributed by atoms with E-state index >= 15 is 0 Å². The summed E-state index contributed by atoms with van der Waals surface area (Å²) in [5.41, 5.74) is 7.58.